The van der Waals surface area contributed by atoms with Crippen LogP contribution >= 0.6 is 0 Å². The largest absolute Gasteiger partial charge is 0.486 e. The topological polar surface area (TPSA) is 98.9 Å². The van der Waals surface area contributed by atoms with Gasteiger partial charge >= 0.3 is 0 Å². The molecule has 0 fully saturated rings. The summed E-state index contributed by atoms with van der Waals surface area (Å²) in [6, 6.07) is 5.68. The molecule has 3 N–H and O–H groups in total. The number of H-pyrrole nitrogens is 1. The van der Waals surface area contributed by atoms with Gasteiger partial charge in [0.05, 0.1) is 5.56 Å². The van der Waals surface area contributed by atoms with Gasteiger partial charge < -0.3 is 20.2 Å². The highest BCUT2D eigenvalue weighted by molar-refractivity contribution is 5.85. The molecule has 100 valence electrons. The maximum absolute atomic E-state index is 5.81. The van der Waals surface area contributed by atoms with Crippen molar-refractivity contribution in [2.75, 3.05) is 18.9 Å². The first-order chi connectivity index (χ1) is 9.83. The zero-order chi connectivity index (χ0) is 13.5. The SMILES string of the molecule is Nc1ncnc2nc(-c3cccc4c3OCCO4)[nH]c12. The third-order valence-electron chi connectivity index (χ3n) is 3.14. The van der Waals surface area contributed by atoms with E-state index >= 15 is 0 Å². The summed E-state index contributed by atoms with van der Waals surface area (Å²) in [5.74, 6) is 2.41. The van der Waals surface area contributed by atoms with Gasteiger partial charge in [0.25, 0.3) is 0 Å². The van der Waals surface area contributed by atoms with Gasteiger partial charge in [0.2, 0.25) is 0 Å². The molecule has 0 amide bonds. The van der Waals surface area contributed by atoms with Crippen LogP contribution in [0.4, 0.5) is 5.82 Å². The summed E-state index contributed by atoms with van der Waals surface area (Å²) >= 11 is 0. The second kappa shape index (κ2) is 4.09. The maximum atomic E-state index is 5.81. The summed E-state index contributed by atoms with van der Waals surface area (Å²) < 4.78 is 11.2. The van der Waals surface area contributed by atoms with Crippen molar-refractivity contribution >= 4 is 17.0 Å². The smallest absolute Gasteiger partial charge is 0.183 e. The molecule has 7 heteroatoms. The number of rotatable bonds is 1. The molecule has 3 heterocycles. The van der Waals surface area contributed by atoms with Crippen molar-refractivity contribution in [1.29, 1.82) is 0 Å². The van der Waals surface area contributed by atoms with Crippen LogP contribution in [0.3, 0.4) is 0 Å². The van der Waals surface area contributed by atoms with E-state index in [1.807, 2.05) is 18.2 Å². The van der Waals surface area contributed by atoms with Crippen molar-refractivity contribution in [3.05, 3.63) is 24.5 Å². The number of aromatic amines is 1. The number of hydrogen-bond donors (Lipinski definition) is 2. The molecule has 1 aliphatic rings. The van der Waals surface area contributed by atoms with E-state index in [1.165, 1.54) is 6.33 Å². The van der Waals surface area contributed by atoms with E-state index in [1.54, 1.807) is 0 Å². The Bertz CT molecular complexity index is 799. The third-order valence-corrected chi connectivity index (χ3v) is 3.14. The number of aromatic nitrogens is 4. The van der Waals surface area contributed by atoms with Gasteiger partial charge in [-0.05, 0) is 12.1 Å². The van der Waals surface area contributed by atoms with Gasteiger partial charge in [-0.1, -0.05) is 6.07 Å². The summed E-state index contributed by atoms with van der Waals surface area (Å²) in [7, 11) is 0. The van der Waals surface area contributed by atoms with Gasteiger partial charge in [0, 0.05) is 0 Å². The van der Waals surface area contributed by atoms with Crippen LogP contribution in [0.15, 0.2) is 24.5 Å². The number of nitrogens with one attached hydrogen (secondary N) is 1. The van der Waals surface area contributed by atoms with Gasteiger partial charge in [-0.25, -0.2) is 15.0 Å². The fraction of sp³-hybridized carbons (Fsp3) is 0.154. The summed E-state index contributed by atoms with van der Waals surface area (Å²) in [5.41, 5.74) is 7.78. The standard InChI is InChI=1S/C13H11N5O2/c14-11-9-13(16-6-15-11)18-12(17-9)7-2-1-3-8-10(7)20-5-4-19-8/h1-3,6H,4-5H2,(H3,14,15,16,17,18). The Morgan fingerprint density at radius 3 is 2.95 bits per heavy atom. The highest BCUT2D eigenvalue weighted by Gasteiger charge is 2.19. The van der Waals surface area contributed by atoms with Crippen LogP contribution in [-0.2, 0) is 0 Å². The predicted molar refractivity (Wildman–Crippen MR) is 72.5 cm³/mol. The minimum Gasteiger partial charge on any atom is -0.486 e. The zero-order valence-corrected chi connectivity index (χ0v) is 10.5. The fourth-order valence-corrected chi connectivity index (χ4v) is 2.23. The molecule has 3 aromatic rings. The predicted octanol–water partition coefficient (Wildman–Crippen LogP) is 1.37. The Morgan fingerprint density at radius 2 is 2.05 bits per heavy atom. The van der Waals surface area contributed by atoms with Gasteiger partial charge in [0.15, 0.2) is 23.0 Å². The van der Waals surface area contributed by atoms with E-state index in [-0.39, 0.29) is 0 Å². The van der Waals surface area contributed by atoms with E-state index in [0.717, 1.165) is 5.56 Å². The number of anilines is 1. The number of benzene rings is 1. The van der Waals surface area contributed by atoms with Crippen molar-refractivity contribution in [3.63, 3.8) is 0 Å². The van der Waals surface area contributed by atoms with E-state index in [2.05, 4.69) is 19.9 Å². The van der Waals surface area contributed by atoms with Crippen LogP contribution in [0.2, 0.25) is 0 Å². The molecule has 20 heavy (non-hydrogen) atoms. The Morgan fingerprint density at radius 1 is 1.15 bits per heavy atom. The number of fused-ring (bicyclic) bond motifs is 2. The lowest BCUT2D eigenvalue weighted by molar-refractivity contribution is 0.172. The Labute approximate surface area is 113 Å². The molecule has 0 atom stereocenters. The lowest BCUT2D eigenvalue weighted by Gasteiger charge is -2.20. The van der Waals surface area contributed by atoms with Crippen molar-refractivity contribution in [1.82, 2.24) is 19.9 Å². The summed E-state index contributed by atoms with van der Waals surface area (Å²) in [6.07, 6.45) is 1.39. The highest BCUT2D eigenvalue weighted by atomic mass is 16.6. The number of nitrogen functional groups attached to an aromatic ring is 1. The van der Waals surface area contributed by atoms with Gasteiger partial charge in [-0.15, -0.1) is 0 Å². The highest BCUT2D eigenvalue weighted by Crippen LogP contribution is 2.39. The van der Waals surface area contributed by atoms with Gasteiger partial charge in [-0.3, -0.25) is 0 Å². The second-order valence-corrected chi connectivity index (χ2v) is 4.37. The molecule has 0 spiro atoms. The zero-order valence-electron chi connectivity index (χ0n) is 10.5. The lowest BCUT2D eigenvalue weighted by atomic mass is 10.1. The molecular weight excluding hydrogens is 258 g/mol. The first-order valence-electron chi connectivity index (χ1n) is 6.18. The van der Waals surface area contributed by atoms with Gasteiger partial charge in [0.1, 0.15) is 30.9 Å². The van der Waals surface area contributed by atoms with Crippen LogP contribution < -0.4 is 15.2 Å². The Balaban J connectivity index is 1.93. The van der Waals surface area contributed by atoms with Crippen LogP contribution in [-0.4, -0.2) is 33.1 Å². The summed E-state index contributed by atoms with van der Waals surface area (Å²) in [5, 5.41) is 0. The molecule has 0 radical (unpaired) electrons. The normalized spacial score (nSPS) is 13.6. The average Bonchev–Trinajstić information content (AvgIpc) is 2.92. The molecule has 0 unspecified atom stereocenters. The molecule has 0 aliphatic carbocycles. The van der Waals surface area contributed by atoms with Crippen LogP contribution in [0, 0.1) is 0 Å². The first kappa shape index (κ1) is 11.0. The number of para-hydroxylation sites is 1. The average molecular weight is 269 g/mol. The maximum Gasteiger partial charge on any atom is 0.183 e. The Hall–Kier alpha value is -2.83. The van der Waals surface area contributed by atoms with E-state index in [4.69, 9.17) is 15.2 Å². The number of nitrogens with two attached hydrogens (primary N) is 1. The number of nitrogens with zero attached hydrogens (tertiary/aromatic N) is 3. The van der Waals surface area contributed by atoms with Crippen LogP contribution in [0.25, 0.3) is 22.6 Å². The van der Waals surface area contributed by atoms with E-state index in [0.29, 0.717) is 47.5 Å². The van der Waals surface area contributed by atoms with Crippen molar-refractivity contribution in [2.45, 2.75) is 0 Å². The van der Waals surface area contributed by atoms with Crippen molar-refractivity contribution < 1.29 is 9.47 Å². The molecule has 0 saturated heterocycles. The van der Waals surface area contributed by atoms with E-state index in [9.17, 15) is 0 Å². The Kier molecular flexibility index (Phi) is 2.26. The summed E-state index contributed by atoms with van der Waals surface area (Å²) in [6.45, 7) is 1.07. The molecular formula is C13H11N5O2. The lowest BCUT2D eigenvalue weighted by Crippen LogP contribution is -2.15. The van der Waals surface area contributed by atoms with E-state index < -0.39 is 0 Å². The molecule has 2 aromatic heterocycles. The number of hydrogen-bond acceptors (Lipinski definition) is 6. The molecule has 4 rings (SSSR count). The quantitative estimate of drug-likeness (QED) is 0.692. The minimum absolute atomic E-state index is 0.371. The minimum atomic E-state index is 0.371. The molecule has 1 aromatic carbocycles. The van der Waals surface area contributed by atoms with Crippen molar-refractivity contribution in [2.24, 2.45) is 0 Å². The molecule has 7 nitrogen and oxygen atoms in total. The number of ether oxygens (including phenoxy) is 2. The van der Waals surface area contributed by atoms with Crippen LogP contribution in [0.5, 0.6) is 11.5 Å². The second-order valence-electron chi connectivity index (χ2n) is 4.37. The number of imidazole rings is 1. The monoisotopic (exact) mass is 269 g/mol. The summed E-state index contributed by atoms with van der Waals surface area (Å²) in [4.78, 5) is 15.6. The molecule has 0 bridgehead atoms. The first-order valence-corrected chi connectivity index (χ1v) is 6.18. The fourth-order valence-electron chi connectivity index (χ4n) is 2.23. The molecule has 0 saturated carbocycles. The van der Waals surface area contributed by atoms with Crippen molar-refractivity contribution in [3.8, 4) is 22.9 Å². The van der Waals surface area contributed by atoms with Crippen LogP contribution in [0.1, 0.15) is 0 Å². The molecule has 1 aliphatic heterocycles. The van der Waals surface area contributed by atoms with Gasteiger partial charge in [-0.2, -0.15) is 0 Å². The third kappa shape index (κ3) is 1.56.